The van der Waals surface area contributed by atoms with Gasteiger partial charge in [-0.3, -0.25) is 0 Å². The van der Waals surface area contributed by atoms with Gasteiger partial charge in [0.05, 0.1) is 41.4 Å². The topological polar surface area (TPSA) is 36.9 Å². The highest BCUT2D eigenvalue weighted by Gasteiger charge is 2.43. The molecule has 0 N–H and O–H groups in total. The summed E-state index contributed by atoms with van der Waals surface area (Å²) >= 11 is 0. The highest BCUT2D eigenvalue weighted by molar-refractivity contribution is 6.58. The first kappa shape index (κ1) is 31.3. The summed E-state index contributed by atoms with van der Waals surface area (Å²) in [6, 6.07) is 0. The molecule has 0 aliphatic rings. The van der Waals surface area contributed by atoms with Crippen LogP contribution in [0.4, 0.5) is 0 Å². The molecular weight excluding hydrogens is 420 g/mol. The van der Waals surface area contributed by atoms with E-state index in [4.69, 9.17) is 18.9 Å². The van der Waals surface area contributed by atoms with E-state index in [1.807, 2.05) is 0 Å². The fourth-order valence-corrected chi connectivity index (χ4v) is 12.7. The van der Waals surface area contributed by atoms with Crippen LogP contribution in [-0.4, -0.2) is 52.3 Å². The van der Waals surface area contributed by atoms with Crippen LogP contribution in [-0.2, 0) is 18.9 Å². The third-order valence-corrected chi connectivity index (χ3v) is 9.98. The van der Waals surface area contributed by atoms with E-state index >= 15 is 0 Å². The van der Waals surface area contributed by atoms with E-state index in [-0.39, 0.29) is 22.4 Å². The molecule has 0 bridgehead atoms. The van der Waals surface area contributed by atoms with Crippen molar-refractivity contribution in [2.24, 2.45) is 0 Å². The Labute approximate surface area is 199 Å². The molecule has 0 fully saturated rings. The van der Waals surface area contributed by atoms with Crippen LogP contribution in [0, 0.1) is 0 Å². The molecule has 188 valence electrons. The second kappa shape index (κ2) is 11.6. The molecule has 0 aliphatic carbocycles. The minimum Gasteiger partial charge on any atom is -0.349 e. The van der Waals surface area contributed by atoms with E-state index in [0.717, 1.165) is 25.7 Å². The van der Waals surface area contributed by atoms with E-state index in [1.165, 1.54) is 5.67 Å². The molecule has 0 rings (SSSR count). The van der Waals surface area contributed by atoms with Gasteiger partial charge in [-0.1, -0.05) is 32.4 Å². The fourth-order valence-electron chi connectivity index (χ4n) is 4.32. The van der Waals surface area contributed by atoms with Gasteiger partial charge in [0.15, 0.2) is 0 Å². The van der Waals surface area contributed by atoms with Crippen LogP contribution < -0.4 is 0 Å². The van der Waals surface area contributed by atoms with E-state index in [9.17, 15) is 0 Å². The van der Waals surface area contributed by atoms with Gasteiger partial charge >= 0.3 is 0 Å². The Balaban J connectivity index is 5.84. The summed E-state index contributed by atoms with van der Waals surface area (Å²) in [6.45, 7) is 30.1. The first-order valence-electron chi connectivity index (χ1n) is 12.5. The minimum absolute atomic E-state index is 0.237. The molecule has 0 spiro atoms. The van der Waals surface area contributed by atoms with Crippen molar-refractivity contribution in [2.75, 3.05) is 0 Å². The molecule has 0 aromatic heterocycles. The van der Waals surface area contributed by atoms with E-state index in [2.05, 4.69) is 96.9 Å². The molecule has 0 unspecified atom stereocenters. The minimum atomic E-state index is -0.698. The molecule has 0 saturated heterocycles. The predicted molar refractivity (Wildman–Crippen MR) is 141 cm³/mol. The van der Waals surface area contributed by atoms with Gasteiger partial charge < -0.3 is 18.9 Å². The van der Waals surface area contributed by atoms with Crippen LogP contribution in [0.25, 0.3) is 0 Å². The molecular formula is C25H56O4Si2. The lowest BCUT2D eigenvalue weighted by Gasteiger charge is -2.45. The first-order chi connectivity index (χ1) is 13.7. The van der Waals surface area contributed by atoms with Crippen LogP contribution in [0.5, 0.6) is 0 Å². The van der Waals surface area contributed by atoms with Gasteiger partial charge in [-0.2, -0.15) is 0 Å². The molecule has 31 heavy (non-hydrogen) atoms. The standard InChI is InChI=1S/C25H56O4Si2/c1-15-17-24(26-20(3,4)5,27-21(6,7)8)30-19-31-25(18-16-2,28-22(9,10)11)29-23(12,13)14/h15-19,30-31H2,1-14H3. The maximum Gasteiger partial charge on any atom is 0.146 e. The Morgan fingerprint density at radius 1 is 0.452 bits per heavy atom. The van der Waals surface area contributed by atoms with Crippen LogP contribution in [0.2, 0.25) is 5.67 Å². The monoisotopic (exact) mass is 476 g/mol. The Hall–Kier alpha value is 0.274. The van der Waals surface area contributed by atoms with Crippen LogP contribution in [0.1, 0.15) is 123 Å². The lowest BCUT2D eigenvalue weighted by Crippen LogP contribution is -2.54. The summed E-state index contributed by atoms with van der Waals surface area (Å²) in [4.78, 5) is 0. The van der Waals surface area contributed by atoms with Gasteiger partial charge in [-0.05, 0) is 95.9 Å². The molecule has 0 saturated carbocycles. The van der Waals surface area contributed by atoms with Gasteiger partial charge in [0.25, 0.3) is 0 Å². The van der Waals surface area contributed by atoms with Crippen molar-refractivity contribution in [2.45, 2.75) is 162 Å². The van der Waals surface area contributed by atoms with Crippen molar-refractivity contribution in [1.82, 2.24) is 0 Å². The maximum absolute atomic E-state index is 6.70. The van der Waals surface area contributed by atoms with E-state index < -0.39 is 29.9 Å². The molecule has 0 aliphatic heterocycles. The molecule has 0 aromatic carbocycles. The largest absolute Gasteiger partial charge is 0.349 e. The summed E-state index contributed by atoms with van der Waals surface area (Å²) < 4.78 is 26.8. The second-order valence-corrected chi connectivity index (χ2v) is 19.0. The van der Waals surface area contributed by atoms with Crippen molar-refractivity contribution in [3.05, 3.63) is 0 Å². The van der Waals surface area contributed by atoms with Crippen molar-refractivity contribution in [3.63, 3.8) is 0 Å². The number of ether oxygens (including phenoxy) is 4. The number of hydrogen-bond donors (Lipinski definition) is 0. The summed E-state index contributed by atoms with van der Waals surface area (Å²) in [5.41, 5.74) is -0.658. The average molecular weight is 477 g/mol. The molecule has 0 radical (unpaired) electrons. The molecule has 0 heterocycles. The van der Waals surface area contributed by atoms with Gasteiger partial charge in [0.2, 0.25) is 0 Å². The number of hydrogen-bond acceptors (Lipinski definition) is 4. The van der Waals surface area contributed by atoms with Crippen molar-refractivity contribution in [1.29, 1.82) is 0 Å². The van der Waals surface area contributed by atoms with Crippen molar-refractivity contribution in [3.8, 4) is 0 Å². The Morgan fingerprint density at radius 2 is 0.677 bits per heavy atom. The van der Waals surface area contributed by atoms with Crippen LogP contribution >= 0.6 is 0 Å². The lowest BCUT2D eigenvalue weighted by atomic mass is 10.1. The highest BCUT2D eigenvalue weighted by Crippen LogP contribution is 2.34. The van der Waals surface area contributed by atoms with Crippen LogP contribution in [0.3, 0.4) is 0 Å². The van der Waals surface area contributed by atoms with Crippen LogP contribution in [0.15, 0.2) is 0 Å². The maximum atomic E-state index is 6.70. The number of rotatable bonds is 12. The predicted octanol–water partition coefficient (Wildman–Crippen LogP) is 5.87. The van der Waals surface area contributed by atoms with E-state index in [1.54, 1.807) is 0 Å². The molecule has 0 atom stereocenters. The quantitative estimate of drug-likeness (QED) is 0.261. The average Bonchev–Trinajstić information content (AvgIpc) is 2.39. The normalized spacial score (nSPS) is 15.7. The molecule has 6 heteroatoms. The first-order valence-corrected chi connectivity index (χ1v) is 15.9. The third-order valence-electron chi connectivity index (χ3n) is 4.35. The molecule has 0 aromatic rings. The Morgan fingerprint density at radius 3 is 0.839 bits per heavy atom. The second-order valence-electron chi connectivity index (χ2n) is 13.0. The Bertz CT molecular complexity index is 430. The summed E-state index contributed by atoms with van der Waals surface area (Å²) in [7, 11) is -1.40. The van der Waals surface area contributed by atoms with Crippen molar-refractivity contribution < 1.29 is 18.9 Å². The summed E-state index contributed by atoms with van der Waals surface area (Å²) in [6.07, 6.45) is 4.00. The Kier molecular flexibility index (Phi) is 11.7. The zero-order valence-corrected chi connectivity index (χ0v) is 26.4. The fraction of sp³-hybridized carbons (Fsp3) is 1.00. The third kappa shape index (κ3) is 14.9. The highest BCUT2D eigenvalue weighted by atomic mass is 28.3. The van der Waals surface area contributed by atoms with Gasteiger partial charge in [0, 0.05) is 0 Å². The zero-order valence-electron chi connectivity index (χ0n) is 23.6. The summed E-state index contributed by atoms with van der Waals surface area (Å²) in [5.74, 6) is 0. The smallest absolute Gasteiger partial charge is 0.146 e. The zero-order chi connectivity index (χ0) is 24.8. The molecule has 4 nitrogen and oxygen atoms in total. The lowest BCUT2D eigenvalue weighted by molar-refractivity contribution is -0.269. The van der Waals surface area contributed by atoms with Gasteiger partial charge in [-0.25, -0.2) is 0 Å². The van der Waals surface area contributed by atoms with Crippen molar-refractivity contribution >= 4 is 19.0 Å². The SMILES string of the molecule is CCCC(OC(C)(C)C)(OC(C)(C)C)[SiH2]C[SiH2]C(CCC)(OC(C)(C)C)OC(C)(C)C. The van der Waals surface area contributed by atoms with E-state index in [0.29, 0.717) is 0 Å². The summed E-state index contributed by atoms with van der Waals surface area (Å²) in [5, 5.41) is 0. The van der Waals surface area contributed by atoms with Gasteiger partial charge in [-0.15, -0.1) is 0 Å². The van der Waals surface area contributed by atoms with Gasteiger partial charge in [0.1, 0.15) is 10.8 Å². The molecule has 0 amide bonds.